The molecule has 3 rings (SSSR count). The zero-order valence-corrected chi connectivity index (χ0v) is 14.1. The van der Waals surface area contributed by atoms with Gasteiger partial charge in [0, 0.05) is 6.54 Å². The molecular formula is C19H26N2O2. The third-order valence-corrected chi connectivity index (χ3v) is 5.41. The Labute approximate surface area is 138 Å². The Morgan fingerprint density at radius 3 is 2.78 bits per heavy atom. The number of carbonyl (C=O) groups excluding carboxylic acids is 2. The number of amides is 3. The number of unbranched alkanes of at least 4 members (excludes halogenated alkanes) is 1. The number of hydrogen-bond donors (Lipinski definition) is 1. The zero-order valence-electron chi connectivity index (χ0n) is 14.1. The Morgan fingerprint density at radius 1 is 1.26 bits per heavy atom. The van der Waals surface area contributed by atoms with Gasteiger partial charge in [-0.15, -0.1) is 0 Å². The van der Waals surface area contributed by atoms with Crippen molar-refractivity contribution in [2.24, 2.45) is 5.92 Å². The number of benzene rings is 1. The fraction of sp³-hybridized carbons (Fsp3) is 0.579. The fourth-order valence-electron chi connectivity index (χ4n) is 3.93. The van der Waals surface area contributed by atoms with Crippen molar-refractivity contribution in [2.45, 2.75) is 57.9 Å². The molecule has 23 heavy (non-hydrogen) atoms. The molecule has 1 N–H and O–H groups in total. The van der Waals surface area contributed by atoms with Crippen LogP contribution in [0, 0.1) is 5.92 Å². The molecule has 1 saturated heterocycles. The van der Waals surface area contributed by atoms with Crippen molar-refractivity contribution in [3.63, 3.8) is 0 Å². The molecule has 1 aliphatic heterocycles. The van der Waals surface area contributed by atoms with Crippen LogP contribution < -0.4 is 5.32 Å². The summed E-state index contributed by atoms with van der Waals surface area (Å²) in [5, 5.41) is 3.01. The van der Waals surface area contributed by atoms with Crippen LogP contribution in [0.1, 0.15) is 57.1 Å². The lowest BCUT2D eigenvalue weighted by Crippen LogP contribution is -2.42. The highest BCUT2D eigenvalue weighted by atomic mass is 16.2. The van der Waals surface area contributed by atoms with Crippen molar-refractivity contribution >= 4 is 11.9 Å². The van der Waals surface area contributed by atoms with Gasteiger partial charge in [0.2, 0.25) is 0 Å². The topological polar surface area (TPSA) is 49.4 Å². The molecule has 1 spiro atoms. The molecule has 0 unspecified atom stereocenters. The monoisotopic (exact) mass is 314 g/mol. The number of rotatable bonds is 6. The molecule has 1 aromatic rings. The van der Waals surface area contributed by atoms with Gasteiger partial charge in [-0.1, -0.05) is 57.4 Å². The third-order valence-electron chi connectivity index (χ3n) is 5.41. The predicted molar refractivity (Wildman–Crippen MR) is 90.0 cm³/mol. The van der Waals surface area contributed by atoms with Gasteiger partial charge in [0.25, 0.3) is 5.91 Å². The van der Waals surface area contributed by atoms with E-state index in [4.69, 9.17) is 0 Å². The maximum atomic E-state index is 13.1. The summed E-state index contributed by atoms with van der Waals surface area (Å²) >= 11 is 0. The SMILES string of the molecule is CCCC[C@@H](CC)CN1C(=O)N[C@]2(CCc3ccccc32)C1=O. The van der Waals surface area contributed by atoms with Crippen molar-refractivity contribution in [1.82, 2.24) is 10.2 Å². The Kier molecular flexibility index (Phi) is 4.42. The fourth-order valence-corrected chi connectivity index (χ4v) is 3.93. The van der Waals surface area contributed by atoms with Gasteiger partial charge >= 0.3 is 6.03 Å². The van der Waals surface area contributed by atoms with Gasteiger partial charge in [-0.3, -0.25) is 9.69 Å². The Hall–Kier alpha value is -1.84. The molecule has 1 heterocycles. The molecule has 4 nitrogen and oxygen atoms in total. The molecule has 1 aliphatic carbocycles. The first kappa shape index (κ1) is 16.0. The Morgan fingerprint density at radius 2 is 2.04 bits per heavy atom. The average Bonchev–Trinajstić information content (AvgIpc) is 3.05. The minimum absolute atomic E-state index is 0.0533. The number of imide groups is 1. The molecule has 0 saturated carbocycles. The Bertz CT molecular complexity index is 613. The van der Waals surface area contributed by atoms with Crippen LogP contribution in [0.2, 0.25) is 0 Å². The van der Waals surface area contributed by atoms with Gasteiger partial charge < -0.3 is 5.32 Å². The van der Waals surface area contributed by atoms with Crippen LogP contribution in [0.5, 0.6) is 0 Å². The number of hydrogen-bond acceptors (Lipinski definition) is 2. The minimum atomic E-state index is -0.809. The second-order valence-corrected chi connectivity index (χ2v) is 6.82. The zero-order chi connectivity index (χ0) is 16.4. The summed E-state index contributed by atoms with van der Waals surface area (Å²) in [5.41, 5.74) is 1.36. The van der Waals surface area contributed by atoms with Crippen molar-refractivity contribution in [3.05, 3.63) is 35.4 Å². The van der Waals surface area contributed by atoms with Gasteiger partial charge in [0.05, 0.1) is 0 Å². The van der Waals surface area contributed by atoms with E-state index in [1.165, 1.54) is 10.5 Å². The number of aryl methyl sites for hydroxylation is 1. The van der Waals surface area contributed by atoms with Crippen molar-refractivity contribution in [3.8, 4) is 0 Å². The van der Waals surface area contributed by atoms with Crippen LogP contribution >= 0.6 is 0 Å². The van der Waals surface area contributed by atoms with Gasteiger partial charge in [-0.05, 0) is 36.3 Å². The van der Waals surface area contributed by atoms with Crippen molar-refractivity contribution in [2.75, 3.05) is 6.54 Å². The predicted octanol–water partition coefficient (Wildman–Crippen LogP) is 3.60. The van der Waals surface area contributed by atoms with E-state index in [9.17, 15) is 9.59 Å². The first-order valence-corrected chi connectivity index (χ1v) is 8.85. The standard InChI is InChI=1S/C19H26N2O2/c1-3-5-8-14(4-2)13-21-17(22)19(20-18(21)23)12-11-15-9-6-7-10-16(15)19/h6-7,9-10,14H,3-5,8,11-13H2,1-2H3,(H,20,23)/t14-,19+/m1/s1. The molecule has 2 atom stereocenters. The van der Waals surface area contributed by atoms with Crippen LogP contribution in [-0.2, 0) is 16.8 Å². The number of nitrogens with zero attached hydrogens (tertiary/aromatic N) is 1. The highest BCUT2D eigenvalue weighted by molar-refractivity contribution is 6.08. The average molecular weight is 314 g/mol. The van der Waals surface area contributed by atoms with Crippen LogP contribution in [0.15, 0.2) is 24.3 Å². The lowest BCUT2D eigenvalue weighted by Gasteiger charge is -2.24. The molecule has 4 heteroatoms. The second kappa shape index (κ2) is 6.34. The van der Waals surface area contributed by atoms with E-state index in [2.05, 4.69) is 25.2 Å². The summed E-state index contributed by atoms with van der Waals surface area (Å²) in [5.74, 6) is 0.346. The smallest absolute Gasteiger partial charge is 0.319 e. The maximum absolute atomic E-state index is 13.1. The molecule has 124 valence electrons. The first-order chi connectivity index (χ1) is 11.1. The number of carbonyl (C=O) groups is 2. The van der Waals surface area contributed by atoms with Crippen LogP contribution in [0.4, 0.5) is 4.79 Å². The Balaban J connectivity index is 1.81. The maximum Gasteiger partial charge on any atom is 0.325 e. The summed E-state index contributed by atoms with van der Waals surface area (Å²) in [6.07, 6.45) is 5.90. The molecule has 2 aliphatic rings. The highest BCUT2D eigenvalue weighted by Gasteiger charge is 2.55. The highest BCUT2D eigenvalue weighted by Crippen LogP contribution is 2.41. The molecule has 1 fully saturated rings. The molecule has 0 radical (unpaired) electrons. The van der Waals surface area contributed by atoms with E-state index in [0.717, 1.165) is 37.7 Å². The van der Waals surface area contributed by atoms with Gasteiger partial charge in [0.1, 0.15) is 5.54 Å². The second-order valence-electron chi connectivity index (χ2n) is 6.82. The summed E-state index contributed by atoms with van der Waals surface area (Å²) in [4.78, 5) is 27.0. The first-order valence-electron chi connectivity index (χ1n) is 8.85. The summed E-state index contributed by atoms with van der Waals surface area (Å²) in [6.45, 7) is 4.86. The minimum Gasteiger partial charge on any atom is -0.319 e. The number of nitrogens with one attached hydrogen (secondary N) is 1. The molecule has 0 aromatic heterocycles. The van der Waals surface area contributed by atoms with Crippen LogP contribution in [0.3, 0.4) is 0 Å². The number of urea groups is 1. The van der Waals surface area contributed by atoms with E-state index in [-0.39, 0.29) is 11.9 Å². The molecule has 3 amide bonds. The van der Waals surface area contributed by atoms with Crippen LogP contribution in [-0.4, -0.2) is 23.4 Å². The quantitative estimate of drug-likeness (QED) is 0.816. The third kappa shape index (κ3) is 2.64. The van der Waals surface area contributed by atoms with E-state index >= 15 is 0 Å². The van der Waals surface area contributed by atoms with Gasteiger partial charge in [0.15, 0.2) is 0 Å². The number of fused-ring (bicyclic) bond motifs is 2. The van der Waals surface area contributed by atoms with Gasteiger partial charge in [-0.2, -0.15) is 0 Å². The molecule has 0 bridgehead atoms. The molecular weight excluding hydrogens is 288 g/mol. The summed E-state index contributed by atoms with van der Waals surface area (Å²) < 4.78 is 0. The van der Waals surface area contributed by atoms with E-state index < -0.39 is 5.54 Å². The summed E-state index contributed by atoms with van der Waals surface area (Å²) in [6, 6.07) is 7.76. The summed E-state index contributed by atoms with van der Waals surface area (Å²) in [7, 11) is 0. The van der Waals surface area contributed by atoms with E-state index in [1.807, 2.05) is 18.2 Å². The lowest BCUT2D eigenvalue weighted by atomic mass is 9.91. The van der Waals surface area contributed by atoms with Crippen molar-refractivity contribution in [1.29, 1.82) is 0 Å². The van der Waals surface area contributed by atoms with Gasteiger partial charge in [-0.25, -0.2) is 4.79 Å². The van der Waals surface area contributed by atoms with E-state index in [1.54, 1.807) is 0 Å². The normalized spacial score (nSPS) is 24.2. The van der Waals surface area contributed by atoms with Crippen LogP contribution in [0.25, 0.3) is 0 Å². The molecule has 1 aromatic carbocycles. The van der Waals surface area contributed by atoms with Crippen molar-refractivity contribution < 1.29 is 9.59 Å². The largest absolute Gasteiger partial charge is 0.325 e. The van der Waals surface area contributed by atoms with E-state index in [0.29, 0.717) is 18.9 Å². The lowest BCUT2D eigenvalue weighted by molar-refractivity contribution is -0.132.